The van der Waals surface area contributed by atoms with E-state index in [0.717, 1.165) is 16.7 Å². The highest BCUT2D eigenvalue weighted by atomic mass is 79.9. The molecule has 2 rings (SSSR count). The first-order valence-corrected chi connectivity index (χ1v) is 6.66. The largest absolute Gasteiger partial charge is 0.476 e. The van der Waals surface area contributed by atoms with Gasteiger partial charge in [-0.05, 0) is 47.8 Å². The zero-order valence-electron chi connectivity index (χ0n) is 11.3. The molecule has 0 fully saturated rings. The van der Waals surface area contributed by atoms with Gasteiger partial charge in [0, 0.05) is 12.6 Å². The minimum absolute atomic E-state index is 0.0388. The molecule has 0 aliphatic rings. The van der Waals surface area contributed by atoms with Crippen LogP contribution in [0.5, 0.6) is 0 Å². The molecule has 19 heavy (non-hydrogen) atoms. The minimum atomic E-state index is -1.03. The average Bonchev–Trinajstić information content (AvgIpc) is 2.56. The van der Waals surface area contributed by atoms with Gasteiger partial charge in [0.05, 0.1) is 0 Å². The van der Waals surface area contributed by atoms with E-state index in [1.54, 1.807) is 11.6 Å². The first kappa shape index (κ1) is 13.8. The minimum Gasteiger partial charge on any atom is -0.476 e. The molecule has 100 valence electrons. The van der Waals surface area contributed by atoms with E-state index in [2.05, 4.69) is 33.0 Å². The summed E-state index contributed by atoms with van der Waals surface area (Å²) in [4.78, 5) is 15.4. The Labute approximate surface area is 120 Å². The fourth-order valence-corrected chi connectivity index (χ4v) is 2.80. The van der Waals surface area contributed by atoms with Crippen molar-refractivity contribution in [1.82, 2.24) is 9.55 Å². The van der Waals surface area contributed by atoms with Gasteiger partial charge in [-0.25, -0.2) is 9.78 Å². The lowest BCUT2D eigenvalue weighted by Crippen LogP contribution is -1.98. The van der Waals surface area contributed by atoms with E-state index < -0.39 is 5.97 Å². The molecule has 0 atom stereocenters. The molecule has 0 spiro atoms. The van der Waals surface area contributed by atoms with Crippen molar-refractivity contribution in [2.45, 2.75) is 20.8 Å². The summed E-state index contributed by atoms with van der Waals surface area (Å²) in [6.07, 6.45) is 0. The molecule has 1 aromatic carbocycles. The summed E-state index contributed by atoms with van der Waals surface area (Å²) < 4.78 is 2.24. The highest BCUT2D eigenvalue weighted by molar-refractivity contribution is 9.10. The number of hydrogen-bond acceptors (Lipinski definition) is 2. The van der Waals surface area contributed by atoms with Crippen molar-refractivity contribution in [2.75, 3.05) is 0 Å². The third-order valence-electron chi connectivity index (χ3n) is 3.13. The molecule has 0 radical (unpaired) electrons. The van der Waals surface area contributed by atoms with Gasteiger partial charge in [0.1, 0.15) is 10.4 Å². The Kier molecular flexibility index (Phi) is 3.49. The van der Waals surface area contributed by atoms with Crippen molar-refractivity contribution in [2.24, 2.45) is 7.05 Å². The Balaban J connectivity index is 2.73. The third kappa shape index (κ3) is 2.30. The van der Waals surface area contributed by atoms with Crippen molar-refractivity contribution >= 4 is 21.9 Å². The van der Waals surface area contributed by atoms with Gasteiger partial charge in [0.2, 0.25) is 0 Å². The summed E-state index contributed by atoms with van der Waals surface area (Å²) in [7, 11) is 1.80. The van der Waals surface area contributed by atoms with Gasteiger partial charge in [-0.2, -0.15) is 0 Å². The third-order valence-corrected chi connectivity index (χ3v) is 4.04. The van der Waals surface area contributed by atoms with Gasteiger partial charge >= 0.3 is 5.97 Å². The van der Waals surface area contributed by atoms with Crippen LogP contribution in [0.25, 0.3) is 11.4 Å². The van der Waals surface area contributed by atoms with Gasteiger partial charge in [-0.1, -0.05) is 17.7 Å². The normalized spacial score (nSPS) is 10.8. The molecule has 2 aromatic rings. The van der Waals surface area contributed by atoms with E-state index in [-0.39, 0.29) is 5.69 Å². The summed E-state index contributed by atoms with van der Waals surface area (Å²) in [5.41, 5.74) is 4.40. The Morgan fingerprint density at radius 3 is 2.21 bits per heavy atom. The number of aromatic carboxylic acids is 1. The van der Waals surface area contributed by atoms with E-state index in [4.69, 9.17) is 5.11 Å². The Morgan fingerprint density at radius 2 is 1.79 bits per heavy atom. The Morgan fingerprint density at radius 1 is 1.26 bits per heavy atom. The second-order valence-corrected chi connectivity index (χ2v) is 5.46. The smallest absolute Gasteiger partial charge is 0.357 e. The van der Waals surface area contributed by atoms with Crippen molar-refractivity contribution in [3.8, 4) is 11.4 Å². The fraction of sp³-hybridized carbons (Fsp3) is 0.286. The lowest BCUT2D eigenvalue weighted by molar-refractivity contribution is 0.0690. The standard InChI is InChI=1S/C14H15BrN2O2/c1-7-5-8(2)10(9(3)6-7)13-16-11(14(18)19)12(15)17(13)4/h5-6H,1-4H3,(H,18,19). The molecule has 0 aliphatic carbocycles. The summed E-state index contributed by atoms with van der Waals surface area (Å²) in [5, 5.41) is 9.13. The molecule has 5 heteroatoms. The average molecular weight is 323 g/mol. The number of aromatic nitrogens is 2. The molecule has 0 aliphatic heterocycles. The van der Waals surface area contributed by atoms with E-state index >= 15 is 0 Å². The number of aryl methyl sites for hydroxylation is 3. The number of nitrogens with zero attached hydrogens (tertiary/aromatic N) is 2. The second kappa shape index (κ2) is 4.81. The van der Waals surface area contributed by atoms with Crippen LogP contribution in [0.1, 0.15) is 27.2 Å². The van der Waals surface area contributed by atoms with Crippen molar-refractivity contribution < 1.29 is 9.90 Å². The van der Waals surface area contributed by atoms with Gasteiger partial charge in [-0.15, -0.1) is 0 Å². The lowest BCUT2D eigenvalue weighted by Gasteiger charge is -2.11. The predicted octanol–water partition coefficient (Wildman–Crippen LogP) is 3.47. The first-order valence-electron chi connectivity index (χ1n) is 5.86. The maximum Gasteiger partial charge on any atom is 0.357 e. The molecule has 0 unspecified atom stereocenters. The number of benzene rings is 1. The number of imidazole rings is 1. The van der Waals surface area contributed by atoms with Crippen molar-refractivity contribution in [3.63, 3.8) is 0 Å². The number of carbonyl (C=O) groups is 1. The van der Waals surface area contributed by atoms with Gasteiger partial charge in [0.15, 0.2) is 5.69 Å². The van der Waals surface area contributed by atoms with Crippen LogP contribution in [0.4, 0.5) is 0 Å². The van der Waals surface area contributed by atoms with Crippen LogP contribution in [0.3, 0.4) is 0 Å². The summed E-state index contributed by atoms with van der Waals surface area (Å²) in [5.74, 6) is -0.365. The van der Waals surface area contributed by atoms with Gasteiger partial charge < -0.3 is 9.67 Å². The van der Waals surface area contributed by atoms with Crippen LogP contribution in [0.15, 0.2) is 16.7 Å². The molecule has 1 aromatic heterocycles. The van der Waals surface area contributed by atoms with E-state index in [1.807, 2.05) is 20.8 Å². The number of halogens is 1. The molecular weight excluding hydrogens is 308 g/mol. The number of rotatable bonds is 2. The van der Waals surface area contributed by atoms with Crippen LogP contribution in [0.2, 0.25) is 0 Å². The van der Waals surface area contributed by atoms with Crippen LogP contribution in [-0.4, -0.2) is 20.6 Å². The number of carboxylic acids is 1. The van der Waals surface area contributed by atoms with Gasteiger partial charge in [0.25, 0.3) is 0 Å². The highest BCUT2D eigenvalue weighted by Gasteiger charge is 2.21. The number of carboxylic acid groups (broad SMARTS) is 1. The Hall–Kier alpha value is -1.62. The van der Waals surface area contributed by atoms with Gasteiger partial charge in [-0.3, -0.25) is 0 Å². The van der Waals surface area contributed by atoms with E-state index in [1.165, 1.54) is 5.56 Å². The molecule has 1 heterocycles. The summed E-state index contributed by atoms with van der Waals surface area (Å²) >= 11 is 3.28. The second-order valence-electron chi connectivity index (χ2n) is 4.71. The van der Waals surface area contributed by atoms with Crippen LogP contribution in [-0.2, 0) is 7.05 Å². The molecule has 0 saturated heterocycles. The maximum absolute atomic E-state index is 11.1. The first-order chi connectivity index (χ1) is 8.82. The topological polar surface area (TPSA) is 55.1 Å². The number of hydrogen-bond donors (Lipinski definition) is 1. The van der Waals surface area contributed by atoms with E-state index in [9.17, 15) is 4.79 Å². The maximum atomic E-state index is 11.1. The molecule has 1 N–H and O–H groups in total. The SMILES string of the molecule is Cc1cc(C)c(-c2nc(C(=O)O)c(Br)n2C)c(C)c1. The molecule has 0 bridgehead atoms. The molecule has 0 saturated carbocycles. The highest BCUT2D eigenvalue weighted by Crippen LogP contribution is 2.30. The van der Waals surface area contributed by atoms with Crippen LogP contribution < -0.4 is 0 Å². The van der Waals surface area contributed by atoms with E-state index in [0.29, 0.717) is 10.4 Å². The Bertz CT molecular complexity index is 651. The fourth-order valence-electron chi connectivity index (χ4n) is 2.37. The monoisotopic (exact) mass is 322 g/mol. The summed E-state index contributed by atoms with van der Waals surface area (Å²) in [6.45, 7) is 6.07. The molecular formula is C14H15BrN2O2. The predicted molar refractivity (Wildman–Crippen MR) is 77.5 cm³/mol. The van der Waals surface area contributed by atoms with Crippen LogP contribution >= 0.6 is 15.9 Å². The quantitative estimate of drug-likeness (QED) is 0.921. The molecule has 0 amide bonds. The summed E-state index contributed by atoms with van der Waals surface area (Å²) in [6, 6.07) is 4.15. The zero-order valence-corrected chi connectivity index (χ0v) is 12.9. The van der Waals surface area contributed by atoms with Crippen molar-refractivity contribution in [1.29, 1.82) is 0 Å². The van der Waals surface area contributed by atoms with Crippen LogP contribution in [0, 0.1) is 20.8 Å². The zero-order chi connectivity index (χ0) is 14.3. The molecule has 4 nitrogen and oxygen atoms in total. The van der Waals surface area contributed by atoms with Crippen molar-refractivity contribution in [3.05, 3.63) is 39.1 Å². The lowest BCUT2D eigenvalue weighted by atomic mass is 9.99.